The lowest BCUT2D eigenvalue weighted by atomic mass is 10.2. The van der Waals surface area contributed by atoms with Crippen molar-refractivity contribution in [3.63, 3.8) is 0 Å². The summed E-state index contributed by atoms with van der Waals surface area (Å²) in [4.78, 5) is 41.5. The summed E-state index contributed by atoms with van der Waals surface area (Å²) in [5, 5.41) is 5.99. The van der Waals surface area contributed by atoms with Crippen LogP contribution in [0.2, 0.25) is 0 Å². The second-order valence-corrected chi connectivity index (χ2v) is 11.3. The van der Waals surface area contributed by atoms with E-state index in [1.165, 1.54) is 6.92 Å². The smallest absolute Gasteiger partial charge is 0.381 e. The van der Waals surface area contributed by atoms with Crippen molar-refractivity contribution in [2.24, 2.45) is 0 Å². The number of hydrogen-bond acceptors (Lipinski definition) is 13. The number of carbonyl (C=O) groups excluding carboxylic acids is 2. The van der Waals surface area contributed by atoms with Crippen LogP contribution in [-0.4, -0.2) is 63.8 Å². The number of hydrogen-bond donors (Lipinski definition) is 4. The minimum atomic E-state index is -3.84. The highest BCUT2D eigenvalue weighted by atomic mass is 31.2. The van der Waals surface area contributed by atoms with Crippen LogP contribution in [0.15, 0.2) is 60.8 Å². The van der Waals surface area contributed by atoms with Gasteiger partial charge in [0.25, 0.3) is 5.91 Å². The van der Waals surface area contributed by atoms with Gasteiger partial charge in [-0.1, -0.05) is 18.2 Å². The zero-order valence-electron chi connectivity index (χ0n) is 23.7. The van der Waals surface area contributed by atoms with Crippen molar-refractivity contribution in [3.05, 3.63) is 72.1 Å². The van der Waals surface area contributed by atoms with Crippen LogP contribution < -0.4 is 26.6 Å². The SMILES string of the molecule is CCOC(=O)C(C)OP(=O)(CCNC(=O)c1ccc(NCCc2cnc3nc(N)nc(N)c3n2)cc1)Oc1ccccc1. The van der Waals surface area contributed by atoms with Gasteiger partial charge < -0.3 is 31.4 Å². The van der Waals surface area contributed by atoms with Gasteiger partial charge in [0, 0.05) is 30.8 Å². The first-order chi connectivity index (χ1) is 20.7. The van der Waals surface area contributed by atoms with E-state index in [2.05, 4.69) is 30.6 Å². The fourth-order valence-corrected chi connectivity index (χ4v) is 5.53. The molecule has 0 aliphatic rings. The summed E-state index contributed by atoms with van der Waals surface area (Å²) in [7, 11) is -3.84. The molecule has 2 heterocycles. The van der Waals surface area contributed by atoms with Gasteiger partial charge in [0.15, 0.2) is 23.1 Å². The molecule has 0 radical (unpaired) electrons. The van der Waals surface area contributed by atoms with Crippen LogP contribution in [0.1, 0.15) is 29.9 Å². The number of amides is 1. The van der Waals surface area contributed by atoms with Gasteiger partial charge in [-0.2, -0.15) is 9.97 Å². The number of anilines is 3. The summed E-state index contributed by atoms with van der Waals surface area (Å²) in [6.07, 6.45) is 0.872. The molecule has 4 aromatic rings. The maximum Gasteiger partial charge on any atom is 0.381 e. The number of nitrogens with two attached hydrogens (primary N) is 2. The van der Waals surface area contributed by atoms with Crippen molar-refractivity contribution < 1.29 is 27.9 Å². The summed E-state index contributed by atoms with van der Waals surface area (Å²) >= 11 is 0. The molecular formula is C28H33N8O6P. The van der Waals surface area contributed by atoms with Crippen LogP contribution in [0.4, 0.5) is 17.5 Å². The van der Waals surface area contributed by atoms with E-state index in [9.17, 15) is 14.2 Å². The van der Waals surface area contributed by atoms with Crippen molar-refractivity contribution in [2.75, 3.05) is 42.6 Å². The summed E-state index contributed by atoms with van der Waals surface area (Å²) in [6.45, 7) is 3.77. The quantitative estimate of drug-likeness (QED) is 0.120. The number of benzene rings is 2. The summed E-state index contributed by atoms with van der Waals surface area (Å²) in [5.74, 6) is -0.510. The van der Waals surface area contributed by atoms with Crippen LogP contribution in [0.5, 0.6) is 5.75 Å². The number of nitrogen functional groups attached to an aromatic ring is 2. The molecule has 0 bridgehead atoms. The van der Waals surface area contributed by atoms with E-state index in [0.717, 1.165) is 5.69 Å². The molecule has 43 heavy (non-hydrogen) atoms. The molecule has 226 valence electrons. The number of carbonyl (C=O) groups is 2. The lowest BCUT2D eigenvalue weighted by molar-refractivity contribution is -0.150. The van der Waals surface area contributed by atoms with Gasteiger partial charge >= 0.3 is 13.6 Å². The van der Waals surface area contributed by atoms with Crippen molar-refractivity contribution in [3.8, 4) is 5.75 Å². The van der Waals surface area contributed by atoms with Gasteiger partial charge in [-0.05, 0) is 50.2 Å². The Morgan fingerprint density at radius 3 is 2.47 bits per heavy atom. The fraction of sp³-hybridized carbons (Fsp3) is 0.286. The Bertz CT molecular complexity index is 1610. The number of esters is 1. The standard InChI is InChI=1S/C28H33N8O6P/c1-3-40-27(38)18(2)41-43(39,42-22-7-5-4-6-8-22)16-15-32-26(37)19-9-11-20(12-10-19)31-14-13-21-17-33-25-23(34-21)24(29)35-28(30)36-25/h4-12,17-18,31H,3,13-16H2,1-2H3,(H,32,37)(H4,29,30,33,35,36). The molecule has 0 saturated carbocycles. The van der Waals surface area contributed by atoms with Crippen LogP contribution in [0.25, 0.3) is 11.2 Å². The van der Waals surface area contributed by atoms with Gasteiger partial charge in [0.2, 0.25) is 5.95 Å². The van der Waals surface area contributed by atoms with E-state index in [1.807, 2.05) is 0 Å². The monoisotopic (exact) mass is 608 g/mol. The molecule has 0 spiro atoms. The lowest BCUT2D eigenvalue weighted by Crippen LogP contribution is -2.29. The molecule has 15 heteroatoms. The maximum atomic E-state index is 13.5. The van der Waals surface area contributed by atoms with Gasteiger partial charge in [-0.3, -0.25) is 9.32 Å². The zero-order chi connectivity index (χ0) is 30.8. The van der Waals surface area contributed by atoms with Crippen molar-refractivity contribution >= 4 is 48.1 Å². The van der Waals surface area contributed by atoms with Crippen molar-refractivity contribution in [1.82, 2.24) is 25.3 Å². The molecule has 4 rings (SSSR count). The Morgan fingerprint density at radius 2 is 1.74 bits per heavy atom. The zero-order valence-corrected chi connectivity index (χ0v) is 24.6. The molecule has 2 aromatic carbocycles. The third kappa shape index (κ3) is 8.84. The third-order valence-electron chi connectivity index (χ3n) is 5.95. The molecule has 0 aliphatic heterocycles. The average molecular weight is 609 g/mol. The highest BCUT2D eigenvalue weighted by Gasteiger charge is 2.32. The molecule has 2 aromatic heterocycles. The predicted molar refractivity (Wildman–Crippen MR) is 162 cm³/mol. The molecule has 2 unspecified atom stereocenters. The van der Waals surface area contributed by atoms with E-state index in [4.69, 9.17) is 25.3 Å². The van der Waals surface area contributed by atoms with Crippen LogP contribution in [-0.2, 0) is 25.0 Å². The Labute approximate surface area is 248 Å². The molecule has 6 N–H and O–H groups in total. The van der Waals surface area contributed by atoms with Crippen LogP contribution >= 0.6 is 7.60 Å². The number of nitrogens with zero attached hydrogens (tertiary/aromatic N) is 4. The second-order valence-electron chi connectivity index (χ2n) is 9.25. The number of aromatic nitrogens is 4. The van der Waals surface area contributed by atoms with Gasteiger partial charge in [0.1, 0.15) is 5.75 Å². The third-order valence-corrected chi connectivity index (χ3v) is 7.85. The number of nitrogens with one attached hydrogen (secondary N) is 2. The largest absolute Gasteiger partial charge is 0.464 e. The summed E-state index contributed by atoms with van der Waals surface area (Å²) in [5.41, 5.74) is 14.1. The van der Waals surface area contributed by atoms with Crippen LogP contribution in [0.3, 0.4) is 0 Å². The van der Waals surface area contributed by atoms with Crippen molar-refractivity contribution in [1.29, 1.82) is 0 Å². The molecule has 0 fully saturated rings. The molecule has 2 atom stereocenters. The first-order valence-corrected chi connectivity index (χ1v) is 15.2. The Kier molecular flexibility index (Phi) is 10.4. The number of rotatable bonds is 14. The molecule has 0 saturated heterocycles. The highest BCUT2D eigenvalue weighted by molar-refractivity contribution is 7.54. The Morgan fingerprint density at radius 1 is 1.00 bits per heavy atom. The lowest BCUT2D eigenvalue weighted by Gasteiger charge is -2.22. The maximum absolute atomic E-state index is 13.5. The van der Waals surface area contributed by atoms with Crippen LogP contribution in [0, 0.1) is 0 Å². The second kappa shape index (κ2) is 14.4. The summed E-state index contributed by atoms with van der Waals surface area (Å²) < 4.78 is 29.6. The Balaban J connectivity index is 1.29. The Hall–Kier alpha value is -4.81. The molecule has 1 amide bonds. The van der Waals surface area contributed by atoms with E-state index in [-0.39, 0.29) is 37.0 Å². The topological polar surface area (TPSA) is 207 Å². The van der Waals surface area contributed by atoms with Gasteiger partial charge in [0.05, 0.1) is 24.7 Å². The van der Waals surface area contributed by atoms with Gasteiger partial charge in [-0.25, -0.2) is 19.3 Å². The van der Waals surface area contributed by atoms with Gasteiger partial charge in [-0.15, -0.1) is 0 Å². The molecular weight excluding hydrogens is 575 g/mol. The number of fused-ring (bicyclic) bond motifs is 1. The predicted octanol–water partition coefficient (Wildman–Crippen LogP) is 3.21. The first kappa shape index (κ1) is 31.1. The van der Waals surface area contributed by atoms with E-state index >= 15 is 0 Å². The number of ether oxygens (including phenoxy) is 1. The summed E-state index contributed by atoms with van der Waals surface area (Å²) in [6, 6.07) is 15.3. The fourth-order valence-electron chi connectivity index (χ4n) is 3.89. The van der Waals surface area contributed by atoms with Crippen molar-refractivity contribution in [2.45, 2.75) is 26.4 Å². The van der Waals surface area contributed by atoms with E-state index in [1.54, 1.807) is 67.7 Å². The molecule has 0 aliphatic carbocycles. The highest BCUT2D eigenvalue weighted by Crippen LogP contribution is 2.49. The minimum Gasteiger partial charge on any atom is -0.464 e. The normalized spacial score (nSPS) is 13.1. The minimum absolute atomic E-state index is 0.0204. The van der Waals surface area contributed by atoms with E-state index in [0.29, 0.717) is 41.1 Å². The number of para-hydroxylation sites is 1. The average Bonchev–Trinajstić information content (AvgIpc) is 2.98. The van der Waals surface area contributed by atoms with E-state index < -0.39 is 19.7 Å². The molecule has 14 nitrogen and oxygen atoms in total. The first-order valence-electron chi connectivity index (χ1n) is 13.5.